The quantitative estimate of drug-likeness (QED) is 0.336. The van der Waals surface area contributed by atoms with Gasteiger partial charge in [0.25, 0.3) is 0 Å². The van der Waals surface area contributed by atoms with Gasteiger partial charge in [0.2, 0.25) is 0 Å². The molecule has 0 aliphatic rings. The number of carboxylic acids is 1. The van der Waals surface area contributed by atoms with Crippen molar-refractivity contribution in [3.05, 3.63) is 39.9 Å². The maximum atomic E-state index is 12.1. The molecule has 1 heterocycles. The maximum Gasteiger partial charge on any atom is 0.328 e. The molecular formula is C20H30N2O4S. The number of rotatable bonds is 11. The molecule has 0 aliphatic heterocycles. The Hall–Kier alpha value is -1.99. The molecule has 0 aliphatic carbocycles. The summed E-state index contributed by atoms with van der Waals surface area (Å²) in [4.78, 5) is 27.1. The number of nitrogens with two attached hydrogens (primary N) is 1. The van der Waals surface area contributed by atoms with Gasteiger partial charge in [0.15, 0.2) is 0 Å². The van der Waals surface area contributed by atoms with E-state index < -0.39 is 5.97 Å². The molecule has 6 nitrogen and oxygen atoms in total. The van der Waals surface area contributed by atoms with Gasteiger partial charge in [-0.25, -0.2) is 9.78 Å². The number of carboxylic acid groups (broad SMARTS) is 1. The van der Waals surface area contributed by atoms with Crippen LogP contribution in [-0.2, 0) is 20.7 Å². The maximum absolute atomic E-state index is 12.1. The van der Waals surface area contributed by atoms with E-state index in [0.29, 0.717) is 12.8 Å². The first-order chi connectivity index (χ1) is 12.7. The summed E-state index contributed by atoms with van der Waals surface area (Å²) in [5.74, 6) is -1.11. The molecule has 1 aromatic heterocycles. The Morgan fingerprint density at radius 3 is 2.67 bits per heavy atom. The minimum absolute atomic E-state index is 0.168. The predicted octanol–water partition coefficient (Wildman–Crippen LogP) is 3.83. The Balaban J connectivity index is 2.40. The van der Waals surface area contributed by atoms with E-state index >= 15 is 0 Å². The number of hydrogen-bond acceptors (Lipinski definition) is 6. The van der Waals surface area contributed by atoms with Crippen LogP contribution in [0.1, 0.15) is 63.6 Å². The van der Waals surface area contributed by atoms with Crippen LogP contribution in [0.25, 0.3) is 0 Å². The van der Waals surface area contributed by atoms with Crippen molar-refractivity contribution in [1.82, 2.24) is 4.98 Å². The zero-order chi connectivity index (χ0) is 20.4. The van der Waals surface area contributed by atoms with Crippen LogP contribution in [0, 0.1) is 0 Å². The molecule has 3 atom stereocenters. The first-order valence-electron chi connectivity index (χ1n) is 9.17. The first kappa shape index (κ1) is 23.0. The van der Waals surface area contributed by atoms with Crippen LogP contribution in [0.5, 0.6) is 0 Å². The number of esters is 1. The van der Waals surface area contributed by atoms with Crippen molar-refractivity contribution in [2.45, 2.75) is 71.4 Å². The average Bonchev–Trinajstić information content (AvgIpc) is 3.02. The normalized spacial score (nSPS) is 15.5. The third-order valence-electron chi connectivity index (χ3n) is 4.02. The lowest BCUT2D eigenvalue weighted by molar-refractivity contribution is -0.148. The van der Waals surface area contributed by atoms with Gasteiger partial charge in [-0.2, -0.15) is 0 Å². The lowest BCUT2D eigenvalue weighted by Gasteiger charge is -2.18. The highest BCUT2D eigenvalue weighted by Gasteiger charge is 2.18. The summed E-state index contributed by atoms with van der Waals surface area (Å²) in [6.45, 7) is 7.82. The van der Waals surface area contributed by atoms with Gasteiger partial charge in [0.1, 0.15) is 6.10 Å². The summed E-state index contributed by atoms with van der Waals surface area (Å²) in [7, 11) is 0. The number of carbonyl (C=O) groups excluding carboxylic acids is 1. The SMILES string of the molecule is CCc1nc(C(C)CC(N)CC(=O)O[C@@H](C)C/C(C)=C/C=C\C(=O)O)cs1. The summed E-state index contributed by atoms with van der Waals surface area (Å²) in [5.41, 5.74) is 8.09. The second-order valence-corrected chi connectivity index (χ2v) is 7.78. The van der Waals surface area contributed by atoms with Crippen LogP contribution < -0.4 is 5.73 Å². The molecule has 0 fully saturated rings. The number of aliphatic carboxylic acids is 1. The number of thiazole rings is 1. The lowest BCUT2D eigenvalue weighted by Crippen LogP contribution is -2.28. The molecule has 1 aromatic rings. The van der Waals surface area contributed by atoms with Crippen molar-refractivity contribution in [3.63, 3.8) is 0 Å². The summed E-state index contributed by atoms with van der Waals surface area (Å²) in [6.07, 6.45) is 6.24. The number of aryl methyl sites for hydroxylation is 1. The number of allylic oxidation sites excluding steroid dienone is 2. The summed E-state index contributed by atoms with van der Waals surface area (Å²) < 4.78 is 5.41. The van der Waals surface area contributed by atoms with Crippen molar-refractivity contribution in [3.8, 4) is 0 Å². The minimum Gasteiger partial charge on any atom is -0.478 e. The summed E-state index contributed by atoms with van der Waals surface area (Å²) >= 11 is 1.65. The van der Waals surface area contributed by atoms with Crippen LogP contribution in [0.2, 0.25) is 0 Å². The molecule has 1 rings (SSSR count). The summed E-state index contributed by atoms with van der Waals surface area (Å²) in [6, 6.07) is -0.276. The van der Waals surface area contributed by atoms with E-state index in [0.717, 1.165) is 28.8 Å². The number of aromatic nitrogens is 1. The molecule has 0 amide bonds. The number of ether oxygens (including phenoxy) is 1. The second-order valence-electron chi connectivity index (χ2n) is 6.84. The molecular weight excluding hydrogens is 364 g/mol. The van der Waals surface area contributed by atoms with Crippen LogP contribution >= 0.6 is 11.3 Å². The molecule has 0 spiro atoms. The second kappa shape index (κ2) is 11.7. The van der Waals surface area contributed by atoms with E-state index in [2.05, 4.69) is 24.2 Å². The molecule has 3 N–H and O–H groups in total. The fraction of sp³-hybridized carbons (Fsp3) is 0.550. The molecule has 150 valence electrons. The van der Waals surface area contributed by atoms with E-state index in [1.165, 1.54) is 6.08 Å². The Kier molecular flexibility index (Phi) is 9.96. The van der Waals surface area contributed by atoms with Crippen molar-refractivity contribution < 1.29 is 19.4 Å². The van der Waals surface area contributed by atoms with Gasteiger partial charge in [0.05, 0.1) is 17.1 Å². The highest BCUT2D eigenvalue weighted by Crippen LogP contribution is 2.23. The van der Waals surface area contributed by atoms with Crippen molar-refractivity contribution in [2.75, 3.05) is 0 Å². The fourth-order valence-electron chi connectivity index (χ4n) is 2.72. The van der Waals surface area contributed by atoms with E-state index in [-0.39, 0.29) is 30.5 Å². The largest absolute Gasteiger partial charge is 0.478 e. The van der Waals surface area contributed by atoms with E-state index in [1.54, 1.807) is 17.4 Å². The van der Waals surface area contributed by atoms with Crippen molar-refractivity contribution >= 4 is 23.3 Å². The van der Waals surface area contributed by atoms with E-state index in [4.69, 9.17) is 15.6 Å². The minimum atomic E-state index is -0.995. The molecule has 0 bridgehead atoms. The Morgan fingerprint density at radius 1 is 1.37 bits per heavy atom. The highest BCUT2D eigenvalue weighted by atomic mass is 32.1. The van der Waals surface area contributed by atoms with Crippen LogP contribution in [0.15, 0.2) is 29.2 Å². The smallest absolute Gasteiger partial charge is 0.328 e. The zero-order valence-electron chi connectivity index (χ0n) is 16.5. The Bertz CT molecular complexity index is 681. The van der Waals surface area contributed by atoms with Gasteiger partial charge in [-0.1, -0.05) is 31.6 Å². The van der Waals surface area contributed by atoms with Gasteiger partial charge in [-0.3, -0.25) is 4.79 Å². The molecule has 0 saturated heterocycles. The number of hydrogen-bond donors (Lipinski definition) is 2. The topological polar surface area (TPSA) is 103 Å². The zero-order valence-corrected chi connectivity index (χ0v) is 17.3. The van der Waals surface area contributed by atoms with Gasteiger partial charge < -0.3 is 15.6 Å². The molecule has 0 saturated carbocycles. The molecule has 2 unspecified atom stereocenters. The van der Waals surface area contributed by atoms with Gasteiger partial charge in [-0.15, -0.1) is 11.3 Å². The third kappa shape index (κ3) is 9.49. The summed E-state index contributed by atoms with van der Waals surface area (Å²) in [5, 5.41) is 11.7. The Labute approximate surface area is 165 Å². The van der Waals surface area contributed by atoms with Gasteiger partial charge >= 0.3 is 11.9 Å². The van der Waals surface area contributed by atoms with Crippen molar-refractivity contribution in [2.24, 2.45) is 5.73 Å². The van der Waals surface area contributed by atoms with E-state index in [1.807, 2.05) is 13.8 Å². The molecule has 7 heteroatoms. The highest BCUT2D eigenvalue weighted by molar-refractivity contribution is 7.09. The number of nitrogens with zero attached hydrogens (tertiary/aromatic N) is 1. The predicted molar refractivity (Wildman–Crippen MR) is 108 cm³/mol. The monoisotopic (exact) mass is 394 g/mol. The molecule has 0 radical (unpaired) electrons. The van der Waals surface area contributed by atoms with E-state index in [9.17, 15) is 9.59 Å². The lowest BCUT2D eigenvalue weighted by atomic mass is 9.98. The van der Waals surface area contributed by atoms with Crippen LogP contribution in [0.3, 0.4) is 0 Å². The third-order valence-corrected chi connectivity index (χ3v) is 5.04. The van der Waals surface area contributed by atoms with Crippen molar-refractivity contribution in [1.29, 1.82) is 0 Å². The van der Waals surface area contributed by atoms with Gasteiger partial charge in [0, 0.05) is 29.8 Å². The fourth-order valence-corrected chi connectivity index (χ4v) is 3.58. The molecule has 27 heavy (non-hydrogen) atoms. The Morgan fingerprint density at radius 2 is 2.07 bits per heavy atom. The first-order valence-corrected chi connectivity index (χ1v) is 10.0. The van der Waals surface area contributed by atoms with Crippen LogP contribution in [-0.4, -0.2) is 34.2 Å². The van der Waals surface area contributed by atoms with Gasteiger partial charge in [-0.05, 0) is 26.7 Å². The standard InChI is InChI=1S/C20H30N2O4S/c1-5-18-22-17(12-27-18)14(3)10-16(21)11-20(25)26-15(4)9-13(2)7-6-8-19(23)24/h6-8,12,14-16H,5,9-11,21H2,1-4H3,(H,23,24)/b8-6-,13-7+/t14?,15-,16?/m0/s1. The molecule has 0 aromatic carbocycles. The van der Waals surface area contributed by atoms with Crippen LogP contribution in [0.4, 0.5) is 0 Å². The average molecular weight is 395 g/mol. The number of carbonyl (C=O) groups is 2.